The maximum Gasteiger partial charge on any atom is 0.188 e. The number of aldehydes is 1. The summed E-state index contributed by atoms with van der Waals surface area (Å²) in [6.07, 6.45) is 0.0175. The SMILES string of the molecule is COCOc1ccc([C@@H](Oc2ccc(C=O)cc2O)[C@@H]2CO2)cc1OCOC. The first-order valence-corrected chi connectivity index (χ1v) is 8.60. The molecular formula is C20H22O8. The minimum absolute atomic E-state index is 0.0478. The molecular weight excluding hydrogens is 368 g/mol. The van der Waals surface area contributed by atoms with Gasteiger partial charge in [0.1, 0.15) is 12.4 Å². The highest BCUT2D eigenvalue weighted by Gasteiger charge is 2.37. The molecule has 2 atom stereocenters. The number of rotatable bonds is 11. The highest BCUT2D eigenvalue weighted by Crippen LogP contribution is 2.39. The number of phenolic OH excluding ortho intramolecular Hbond substituents is 1. The second-order valence-corrected chi connectivity index (χ2v) is 6.06. The van der Waals surface area contributed by atoms with Gasteiger partial charge in [0.2, 0.25) is 0 Å². The summed E-state index contributed by atoms with van der Waals surface area (Å²) in [5, 5.41) is 10.1. The number of ether oxygens (including phenoxy) is 6. The van der Waals surface area contributed by atoms with Gasteiger partial charge in [0.25, 0.3) is 0 Å². The fourth-order valence-corrected chi connectivity index (χ4v) is 2.61. The van der Waals surface area contributed by atoms with E-state index >= 15 is 0 Å². The van der Waals surface area contributed by atoms with E-state index in [1.54, 1.807) is 24.3 Å². The van der Waals surface area contributed by atoms with Crippen molar-refractivity contribution in [2.75, 3.05) is 34.4 Å². The fraction of sp³-hybridized carbons (Fsp3) is 0.350. The van der Waals surface area contributed by atoms with E-state index in [4.69, 9.17) is 28.4 Å². The molecule has 1 fully saturated rings. The van der Waals surface area contributed by atoms with Gasteiger partial charge in [0, 0.05) is 19.8 Å². The topological polar surface area (TPSA) is 96.0 Å². The molecule has 0 aliphatic carbocycles. The molecule has 0 bridgehead atoms. The van der Waals surface area contributed by atoms with Gasteiger partial charge in [-0.25, -0.2) is 0 Å². The molecule has 2 aromatic rings. The van der Waals surface area contributed by atoms with Crippen LogP contribution in [0.5, 0.6) is 23.0 Å². The Morgan fingerprint density at radius 3 is 2.36 bits per heavy atom. The Morgan fingerprint density at radius 1 is 1.07 bits per heavy atom. The number of hydrogen-bond acceptors (Lipinski definition) is 8. The summed E-state index contributed by atoms with van der Waals surface area (Å²) in [5.74, 6) is 1.10. The number of phenols is 1. The number of aromatic hydroxyl groups is 1. The third-order valence-corrected chi connectivity index (χ3v) is 4.03. The van der Waals surface area contributed by atoms with Gasteiger partial charge < -0.3 is 33.5 Å². The Morgan fingerprint density at radius 2 is 1.75 bits per heavy atom. The molecule has 150 valence electrons. The van der Waals surface area contributed by atoms with E-state index < -0.39 is 6.10 Å². The Hall–Kier alpha value is -2.81. The largest absolute Gasteiger partial charge is 0.504 e. The van der Waals surface area contributed by atoms with E-state index in [0.717, 1.165) is 5.56 Å². The van der Waals surface area contributed by atoms with Crippen molar-refractivity contribution in [3.8, 4) is 23.0 Å². The zero-order valence-corrected chi connectivity index (χ0v) is 15.6. The zero-order chi connectivity index (χ0) is 19.9. The number of epoxide rings is 1. The molecule has 0 unspecified atom stereocenters. The van der Waals surface area contributed by atoms with Crippen LogP contribution in [0.1, 0.15) is 22.0 Å². The molecule has 0 aromatic heterocycles. The lowest BCUT2D eigenvalue weighted by Crippen LogP contribution is -2.15. The lowest BCUT2D eigenvalue weighted by Gasteiger charge is -2.20. The third-order valence-electron chi connectivity index (χ3n) is 4.03. The molecule has 1 N–H and O–H groups in total. The maximum absolute atomic E-state index is 10.8. The second-order valence-electron chi connectivity index (χ2n) is 6.06. The van der Waals surface area contributed by atoms with Crippen LogP contribution in [0, 0.1) is 0 Å². The van der Waals surface area contributed by atoms with Gasteiger partial charge in [0.05, 0.1) is 6.61 Å². The molecule has 1 saturated heterocycles. The molecule has 1 aliphatic rings. The minimum atomic E-state index is -0.477. The summed E-state index contributed by atoms with van der Waals surface area (Å²) in [4.78, 5) is 10.8. The van der Waals surface area contributed by atoms with Crippen molar-refractivity contribution in [1.82, 2.24) is 0 Å². The molecule has 28 heavy (non-hydrogen) atoms. The molecule has 3 rings (SSSR count). The van der Waals surface area contributed by atoms with Crippen molar-refractivity contribution < 1.29 is 38.3 Å². The molecule has 0 amide bonds. The van der Waals surface area contributed by atoms with Crippen LogP contribution in [0.2, 0.25) is 0 Å². The molecule has 0 radical (unpaired) electrons. The molecule has 1 aliphatic heterocycles. The predicted molar refractivity (Wildman–Crippen MR) is 98.1 cm³/mol. The van der Waals surface area contributed by atoms with Crippen LogP contribution >= 0.6 is 0 Å². The minimum Gasteiger partial charge on any atom is -0.504 e. The van der Waals surface area contributed by atoms with Gasteiger partial charge in [-0.2, -0.15) is 0 Å². The van der Waals surface area contributed by atoms with E-state index in [2.05, 4.69) is 0 Å². The molecule has 1 heterocycles. The third kappa shape index (κ3) is 4.92. The average Bonchev–Trinajstić information content (AvgIpc) is 3.55. The number of hydrogen-bond donors (Lipinski definition) is 1. The summed E-state index contributed by atoms with van der Waals surface area (Å²) >= 11 is 0. The Balaban J connectivity index is 1.86. The molecule has 0 spiro atoms. The molecule has 2 aromatic carbocycles. The lowest BCUT2D eigenvalue weighted by molar-refractivity contribution is 0.0320. The van der Waals surface area contributed by atoms with Crippen molar-refractivity contribution in [2.45, 2.75) is 12.2 Å². The van der Waals surface area contributed by atoms with Crippen molar-refractivity contribution in [1.29, 1.82) is 0 Å². The molecule has 8 nitrogen and oxygen atoms in total. The van der Waals surface area contributed by atoms with Gasteiger partial charge in [-0.05, 0) is 35.9 Å². The van der Waals surface area contributed by atoms with E-state index in [9.17, 15) is 9.90 Å². The smallest absolute Gasteiger partial charge is 0.188 e. The van der Waals surface area contributed by atoms with Crippen LogP contribution in [-0.4, -0.2) is 51.9 Å². The van der Waals surface area contributed by atoms with Gasteiger partial charge >= 0.3 is 0 Å². The summed E-state index contributed by atoms with van der Waals surface area (Å²) in [6, 6.07) is 9.81. The highest BCUT2D eigenvalue weighted by molar-refractivity contribution is 5.76. The standard InChI is InChI=1S/C20H22O8/c1-23-11-26-17-6-4-14(8-18(17)27-12-24-2)20(19-10-25-19)28-16-5-3-13(9-21)7-15(16)22/h3-9,19-20,22H,10-12H2,1-2H3/t19-,20+/m0/s1. The monoisotopic (exact) mass is 390 g/mol. The number of methoxy groups -OCH3 is 2. The van der Waals surface area contributed by atoms with Gasteiger partial charge in [0.15, 0.2) is 42.7 Å². The average molecular weight is 390 g/mol. The van der Waals surface area contributed by atoms with Crippen molar-refractivity contribution in [3.05, 3.63) is 47.5 Å². The van der Waals surface area contributed by atoms with Crippen molar-refractivity contribution >= 4 is 6.29 Å². The first kappa shape index (κ1) is 19.9. The molecule has 8 heteroatoms. The van der Waals surface area contributed by atoms with Gasteiger partial charge in [-0.1, -0.05) is 6.07 Å². The first-order valence-electron chi connectivity index (χ1n) is 8.60. The zero-order valence-electron chi connectivity index (χ0n) is 15.6. The van der Waals surface area contributed by atoms with Crippen molar-refractivity contribution in [2.24, 2.45) is 0 Å². The summed E-state index contributed by atoms with van der Waals surface area (Å²) in [5.41, 5.74) is 1.14. The molecule has 0 saturated carbocycles. The van der Waals surface area contributed by atoms with E-state index in [-0.39, 0.29) is 31.2 Å². The number of benzene rings is 2. The second kappa shape index (κ2) is 9.41. The van der Waals surface area contributed by atoms with Crippen LogP contribution in [0.15, 0.2) is 36.4 Å². The van der Waals surface area contributed by atoms with E-state index in [0.29, 0.717) is 30.0 Å². The van der Waals surface area contributed by atoms with E-state index in [1.807, 2.05) is 6.07 Å². The normalized spacial score (nSPS) is 16.3. The highest BCUT2D eigenvalue weighted by atomic mass is 16.7. The summed E-state index contributed by atoms with van der Waals surface area (Å²) in [7, 11) is 3.05. The Bertz CT molecular complexity index is 803. The Labute approximate surface area is 162 Å². The predicted octanol–water partition coefficient (Wildman–Crippen LogP) is 2.69. The Kier molecular flexibility index (Phi) is 6.70. The van der Waals surface area contributed by atoms with Crippen LogP contribution in [0.3, 0.4) is 0 Å². The lowest BCUT2D eigenvalue weighted by atomic mass is 10.1. The summed E-state index contributed by atoms with van der Waals surface area (Å²) < 4.78 is 32.4. The van der Waals surface area contributed by atoms with Crippen LogP contribution in [-0.2, 0) is 14.2 Å². The van der Waals surface area contributed by atoms with Crippen LogP contribution in [0.25, 0.3) is 0 Å². The summed E-state index contributed by atoms with van der Waals surface area (Å²) in [6.45, 7) is 0.658. The first-order chi connectivity index (χ1) is 13.7. The quantitative estimate of drug-likeness (QED) is 0.355. The fourth-order valence-electron chi connectivity index (χ4n) is 2.61. The maximum atomic E-state index is 10.8. The number of carbonyl (C=O) groups excluding carboxylic acids is 1. The number of carbonyl (C=O) groups is 1. The van der Waals surface area contributed by atoms with E-state index in [1.165, 1.54) is 20.3 Å². The van der Waals surface area contributed by atoms with Gasteiger partial charge in [-0.3, -0.25) is 4.79 Å². The van der Waals surface area contributed by atoms with Crippen LogP contribution < -0.4 is 14.2 Å². The van der Waals surface area contributed by atoms with Gasteiger partial charge in [-0.15, -0.1) is 0 Å². The van der Waals surface area contributed by atoms with Crippen molar-refractivity contribution in [3.63, 3.8) is 0 Å². The van der Waals surface area contributed by atoms with Crippen LogP contribution in [0.4, 0.5) is 0 Å².